The summed E-state index contributed by atoms with van der Waals surface area (Å²) < 4.78 is 1.69. The first kappa shape index (κ1) is 20.1. The third kappa shape index (κ3) is 3.90. The van der Waals surface area contributed by atoms with Gasteiger partial charge >= 0.3 is 0 Å². The van der Waals surface area contributed by atoms with Gasteiger partial charge in [0.2, 0.25) is 0 Å². The Kier molecular flexibility index (Phi) is 5.24. The fourth-order valence-electron chi connectivity index (χ4n) is 3.99. The molecular formula is C23H24N8O. The number of hydrogen-bond donors (Lipinski definition) is 3. The van der Waals surface area contributed by atoms with Crippen molar-refractivity contribution < 1.29 is 4.79 Å². The molecule has 0 aliphatic carbocycles. The predicted octanol–water partition coefficient (Wildman–Crippen LogP) is 2.16. The van der Waals surface area contributed by atoms with Crippen LogP contribution in [0.2, 0.25) is 0 Å². The summed E-state index contributed by atoms with van der Waals surface area (Å²) in [4.78, 5) is 26.7. The Morgan fingerprint density at radius 1 is 1.22 bits per heavy atom. The quantitative estimate of drug-likeness (QED) is 0.455. The van der Waals surface area contributed by atoms with E-state index in [0.29, 0.717) is 17.1 Å². The van der Waals surface area contributed by atoms with Crippen LogP contribution in [0, 0.1) is 0 Å². The number of anilines is 1. The van der Waals surface area contributed by atoms with Gasteiger partial charge in [0.05, 0.1) is 11.2 Å². The Morgan fingerprint density at radius 3 is 2.91 bits per heavy atom. The van der Waals surface area contributed by atoms with Gasteiger partial charge in [0.1, 0.15) is 11.4 Å². The van der Waals surface area contributed by atoms with Crippen LogP contribution in [0.5, 0.6) is 0 Å². The SMILES string of the molecule is Cn1ccc(-c2nc(N)c(C(=O)NC3CCCNC3)nc2-c2ccc3ncccc3c2)n1. The molecular weight excluding hydrogens is 404 g/mol. The second-order valence-corrected chi connectivity index (χ2v) is 7.96. The molecule has 0 bridgehead atoms. The largest absolute Gasteiger partial charge is 0.382 e. The molecule has 3 aromatic heterocycles. The van der Waals surface area contributed by atoms with Crippen LogP contribution in [0.15, 0.2) is 48.8 Å². The van der Waals surface area contributed by atoms with Crippen molar-refractivity contribution in [3.63, 3.8) is 0 Å². The van der Waals surface area contributed by atoms with Crippen LogP contribution in [0.25, 0.3) is 33.5 Å². The second kappa shape index (κ2) is 8.35. The number of piperidine rings is 1. The topological polar surface area (TPSA) is 124 Å². The highest BCUT2D eigenvalue weighted by atomic mass is 16.2. The smallest absolute Gasteiger partial charge is 0.274 e. The average Bonchev–Trinajstić information content (AvgIpc) is 3.25. The van der Waals surface area contributed by atoms with E-state index in [9.17, 15) is 4.79 Å². The third-order valence-corrected chi connectivity index (χ3v) is 5.60. The van der Waals surface area contributed by atoms with Crippen molar-refractivity contribution in [2.75, 3.05) is 18.8 Å². The zero-order valence-electron chi connectivity index (χ0n) is 17.7. The van der Waals surface area contributed by atoms with E-state index in [4.69, 9.17) is 10.7 Å². The Hall–Kier alpha value is -3.85. The molecule has 1 saturated heterocycles. The monoisotopic (exact) mass is 428 g/mol. The molecule has 0 saturated carbocycles. The summed E-state index contributed by atoms with van der Waals surface area (Å²) >= 11 is 0. The first-order valence-corrected chi connectivity index (χ1v) is 10.6. The van der Waals surface area contributed by atoms with Crippen molar-refractivity contribution in [1.82, 2.24) is 35.4 Å². The first-order chi connectivity index (χ1) is 15.6. The number of carbonyl (C=O) groups excluding carboxylic acids is 1. The Balaban J connectivity index is 1.61. The molecule has 0 spiro atoms. The number of aromatic nitrogens is 5. The summed E-state index contributed by atoms with van der Waals surface area (Å²) in [5.74, 6) is -0.238. The number of nitrogens with two attached hydrogens (primary N) is 1. The number of pyridine rings is 1. The van der Waals surface area contributed by atoms with Crippen molar-refractivity contribution in [3.8, 4) is 22.6 Å². The molecule has 4 aromatic rings. The van der Waals surface area contributed by atoms with Crippen LogP contribution in [-0.2, 0) is 7.05 Å². The lowest BCUT2D eigenvalue weighted by molar-refractivity contribution is 0.0926. The zero-order chi connectivity index (χ0) is 22.1. The number of hydrogen-bond acceptors (Lipinski definition) is 7. The molecule has 1 atom stereocenters. The third-order valence-electron chi connectivity index (χ3n) is 5.60. The van der Waals surface area contributed by atoms with Gasteiger partial charge in [-0.1, -0.05) is 12.1 Å². The molecule has 1 fully saturated rings. The number of fused-ring (bicyclic) bond motifs is 1. The number of benzene rings is 1. The molecule has 9 heteroatoms. The van der Waals surface area contributed by atoms with Crippen LogP contribution in [0.4, 0.5) is 5.82 Å². The Bertz CT molecular complexity index is 1290. The minimum atomic E-state index is -0.319. The van der Waals surface area contributed by atoms with E-state index in [-0.39, 0.29) is 23.5 Å². The number of aryl methyl sites for hydroxylation is 1. The fourth-order valence-corrected chi connectivity index (χ4v) is 3.99. The molecule has 1 aliphatic heterocycles. The van der Waals surface area contributed by atoms with Crippen LogP contribution >= 0.6 is 0 Å². The number of nitrogens with one attached hydrogen (secondary N) is 2. The van der Waals surface area contributed by atoms with Crippen molar-refractivity contribution >= 4 is 22.6 Å². The summed E-state index contributed by atoms with van der Waals surface area (Å²) in [6.45, 7) is 1.70. The molecule has 4 N–H and O–H groups in total. The summed E-state index contributed by atoms with van der Waals surface area (Å²) in [7, 11) is 1.83. The maximum absolute atomic E-state index is 13.0. The summed E-state index contributed by atoms with van der Waals surface area (Å²) in [6.07, 6.45) is 5.52. The lowest BCUT2D eigenvalue weighted by Gasteiger charge is -2.24. The lowest BCUT2D eigenvalue weighted by atomic mass is 10.0. The van der Waals surface area contributed by atoms with Gasteiger partial charge in [-0.3, -0.25) is 14.5 Å². The predicted molar refractivity (Wildman–Crippen MR) is 123 cm³/mol. The van der Waals surface area contributed by atoms with E-state index in [1.165, 1.54) is 0 Å². The Labute approximate surface area is 185 Å². The highest BCUT2D eigenvalue weighted by Crippen LogP contribution is 2.31. The van der Waals surface area contributed by atoms with Crippen molar-refractivity contribution in [2.45, 2.75) is 18.9 Å². The van der Waals surface area contributed by atoms with E-state index in [1.807, 2.05) is 49.6 Å². The van der Waals surface area contributed by atoms with Crippen molar-refractivity contribution in [2.24, 2.45) is 7.05 Å². The molecule has 1 aromatic carbocycles. The van der Waals surface area contributed by atoms with Crippen LogP contribution in [-0.4, -0.2) is 49.8 Å². The molecule has 9 nitrogen and oxygen atoms in total. The Morgan fingerprint density at radius 2 is 2.12 bits per heavy atom. The number of nitrogen functional groups attached to an aromatic ring is 1. The number of rotatable bonds is 4. The highest BCUT2D eigenvalue weighted by molar-refractivity contribution is 5.98. The van der Waals surface area contributed by atoms with E-state index in [1.54, 1.807) is 10.9 Å². The van der Waals surface area contributed by atoms with E-state index >= 15 is 0 Å². The standard InChI is InChI=1S/C23H24N8O/c1-31-11-8-18(30-31)20-19(15-6-7-17-14(12-15)4-2-10-26-17)28-21(22(24)29-20)23(32)27-16-5-3-9-25-13-16/h2,4,6-8,10-12,16,25H,3,5,9,13H2,1H3,(H2,24,29)(H,27,32). The highest BCUT2D eigenvalue weighted by Gasteiger charge is 2.23. The molecule has 1 aliphatic rings. The minimum Gasteiger partial charge on any atom is -0.382 e. The maximum atomic E-state index is 13.0. The van der Waals surface area contributed by atoms with Gasteiger partial charge in [-0.25, -0.2) is 9.97 Å². The van der Waals surface area contributed by atoms with Crippen LogP contribution < -0.4 is 16.4 Å². The van der Waals surface area contributed by atoms with Gasteiger partial charge < -0.3 is 16.4 Å². The van der Waals surface area contributed by atoms with Gasteiger partial charge in [0, 0.05) is 43.0 Å². The molecule has 4 heterocycles. The number of nitrogens with zero attached hydrogens (tertiary/aromatic N) is 5. The van der Waals surface area contributed by atoms with Gasteiger partial charge in [0.15, 0.2) is 11.5 Å². The van der Waals surface area contributed by atoms with Gasteiger partial charge in [-0.2, -0.15) is 5.10 Å². The molecule has 0 radical (unpaired) electrons. The molecule has 162 valence electrons. The van der Waals surface area contributed by atoms with Crippen LogP contribution in [0.1, 0.15) is 23.3 Å². The van der Waals surface area contributed by atoms with E-state index < -0.39 is 0 Å². The summed E-state index contributed by atoms with van der Waals surface area (Å²) in [6, 6.07) is 11.6. The van der Waals surface area contributed by atoms with E-state index in [2.05, 4.69) is 25.7 Å². The molecule has 5 rings (SSSR count). The second-order valence-electron chi connectivity index (χ2n) is 7.96. The summed E-state index contributed by atoms with van der Waals surface area (Å²) in [5, 5.41) is 11.8. The van der Waals surface area contributed by atoms with Crippen molar-refractivity contribution in [1.29, 1.82) is 0 Å². The van der Waals surface area contributed by atoms with E-state index in [0.717, 1.165) is 42.4 Å². The number of amides is 1. The molecule has 1 unspecified atom stereocenters. The molecule has 1 amide bonds. The van der Waals surface area contributed by atoms with Gasteiger partial charge in [-0.15, -0.1) is 0 Å². The van der Waals surface area contributed by atoms with Crippen LogP contribution in [0.3, 0.4) is 0 Å². The maximum Gasteiger partial charge on any atom is 0.274 e. The number of carbonyl (C=O) groups is 1. The minimum absolute atomic E-state index is 0.0445. The lowest BCUT2D eigenvalue weighted by Crippen LogP contribution is -2.46. The van der Waals surface area contributed by atoms with Crippen molar-refractivity contribution in [3.05, 3.63) is 54.5 Å². The fraction of sp³-hybridized carbons (Fsp3) is 0.261. The van der Waals surface area contributed by atoms with Gasteiger partial charge in [0.25, 0.3) is 5.91 Å². The normalized spacial score (nSPS) is 16.2. The average molecular weight is 429 g/mol. The summed E-state index contributed by atoms with van der Waals surface area (Å²) in [5.41, 5.74) is 9.74. The zero-order valence-corrected chi connectivity index (χ0v) is 17.7. The van der Waals surface area contributed by atoms with Gasteiger partial charge in [-0.05, 0) is 43.7 Å². The first-order valence-electron chi connectivity index (χ1n) is 10.6. The molecule has 32 heavy (non-hydrogen) atoms.